The van der Waals surface area contributed by atoms with Crippen molar-refractivity contribution in [3.05, 3.63) is 35.4 Å². The van der Waals surface area contributed by atoms with E-state index >= 15 is 0 Å². The van der Waals surface area contributed by atoms with E-state index in [0.717, 1.165) is 11.1 Å². The predicted molar refractivity (Wildman–Crippen MR) is 105 cm³/mol. The van der Waals surface area contributed by atoms with E-state index in [2.05, 4.69) is 0 Å². The molecule has 2 N–H and O–H groups in total. The summed E-state index contributed by atoms with van der Waals surface area (Å²) in [7, 11) is -3.05. The van der Waals surface area contributed by atoms with E-state index in [1.54, 1.807) is 10.4 Å². The molecule has 2 aliphatic rings. The van der Waals surface area contributed by atoms with Gasteiger partial charge in [-0.25, -0.2) is 13.9 Å². The number of likely N-dealkylation sites (tertiary alicyclic amines) is 1. The average Bonchev–Trinajstić information content (AvgIpc) is 2.95. The summed E-state index contributed by atoms with van der Waals surface area (Å²) < 4.78 is 23.4. The molecule has 2 unspecified atom stereocenters. The largest absolute Gasteiger partial charge is 0.341 e. The number of hydroxylamine groups is 1. The molecule has 0 spiro atoms. The molecular formula is C20H28N2O5S. The Morgan fingerprint density at radius 3 is 2.46 bits per heavy atom. The number of carbonyl (C=O) groups excluding carboxylic acids is 2. The van der Waals surface area contributed by atoms with Gasteiger partial charge in [-0.05, 0) is 44.6 Å². The summed E-state index contributed by atoms with van der Waals surface area (Å²) in [6.07, 6.45) is 1.40. The van der Waals surface area contributed by atoms with Crippen molar-refractivity contribution in [1.82, 2.24) is 10.4 Å². The molecule has 1 aromatic rings. The normalized spacial score (nSPS) is 26.2. The van der Waals surface area contributed by atoms with Crippen LogP contribution in [0.2, 0.25) is 0 Å². The maximum absolute atomic E-state index is 13.2. The second-order valence-electron chi connectivity index (χ2n) is 8.27. The van der Waals surface area contributed by atoms with Gasteiger partial charge in [-0.3, -0.25) is 14.8 Å². The van der Waals surface area contributed by atoms with Gasteiger partial charge in [0.25, 0.3) is 0 Å². The number of benzene rings is 1. The monoisotopic (exact) mass is 408 g/mol. The van der Waals surface area contributed by atoms with Gasteiger partial charge in [0.15, 0.2) is 0 Å². The molecule has 8 heteroatoms. The van der Waals surface area contributed by atoms with Gasteiger partial charge in [0, 0.05) is 13.1 Å². The molecule has 0 bridgehead atoms. The minimum Gasteiger partial charge on any atom is -0.341 e. The fourth-order valence-electron chi connectivity index (χ4n) is 4.36. The molecule has 0 aliphatic carbocycles. The fourth-order valence-corrected chi connectivity index (χ4v) is 5.88. The highest BCUT2D eigenvalue weighted by molar-refractivity contribution is 7.91. The summed E-state index contributed by atoms with van der Waals surface area (Å²) in [6.45, 7) is 4.65. The van der Waals surface area contributed by atoms with Gasteiger partial charge in [-0.2, -0.15) is 0 Å². The van der Waals surface area contributed by atoms with E-state index in [1.807, 2.05) is 38.1 Å². The van der Waals surface area contributed by atoms with Crippen molar-refractivity contribution >= 4 is 21.7 Å². The number of hydrogen-bond acceptors (Lipinski definition) is 5. The van der Waals surface area contributed by atoms with Crippen LogP contribution in [0.15, 0.2) is 24.3 Å². The van der Waals surface area contributed by atoms with Crippen molar-refractivity contribution < 1.29 is 23.2 Å². The van der Waals surface area contributed by atoms with Gasteiger partial charge in [0.1, 0.15) is 9.84 Å². The van der Waals surface area contributed by atoms with Gasteiger partial charge in [-0.15, -0.1) is 0 Å². The minimum atomic E-state index is -3.05. The third-order valence-corrected chi connectivity index (χ3v) is 8.08. The number of sulfone groups is 1. The molecule has 3 rings (SSSR count). The first-order chi connectivity index (χ1) is 13.2. The summed E-state index contributed by atoms with van der Waals surface area (Å²) in [5.74, 6) is -1.29. The van der Waals surface area contributed by atoms with Crippen LogP contribution in [0, 0.1) is 18.8 Å². The number of aryl methyl sites for hydroxylation is 1. The highest BCUT2D eigenvalue weighted by Gasteiger charge is 2.46. The zero-order valence-electron chi connectivity index (χ0n) is 16.3. The zero-order valence-corrected chi connectivity index (χ0v) is 17.2. The van der Waals surface area contributed by atoms with Crippen LogP contribution in [0.5, 0.6) is 0 Å². The average molecular weight is 409 g/mol. The lowest BCUT2D eigenvalue weighted by atomic mass is 9.80. The molecule has 2 amide bonds. The van der Waals surface area contributed by atoms with E-state index in [1.165, 1.54) is 0 Å². The Morgan fingerprint density at radius 1 is 1.29 bits per heavy atom. The van der Waals surface area contributed by atoms with Crippen LogP contribution in [0.4, 0.5) is 0 Å². The number of carbonyl (C=O) groups is 2. The number of amides is 2. The van der Waals surface area contributed by atoms with Crippen LogP contribution >= 0.6 is 0 Å². The molecule has 0 saturated carbocycles. The molecule has 1 aromatic carbocycles. The maximum Gasteiger partial charge on any atom is 0.248 e. The lowest BCUT2D eigenvalue weighted by molar-refractivity contribution is -0.139. The molecule has 28 heavy (non-hydrogen) atoms. The van der Waals surface area contributed by atoms with Crippen LogP contribution in [-0.4, -0.2) is 54.9 Å². The van der Waals surface area contributed by atoms with E-state index in [4.69, 9.17) is 5.21 Å². The van der Waals surface area contributed by atoms with Gasteiger partial charge in [0.05, 0.1) is 22.8 Å². The molecule has 2 atom stereocenters. The fraction of sp³-hybridized carbons (Fsp3) is 0.600. The van der Waals surface area contributed by atoms with E-state index in [-0.39, 0.29) is 29.9 Å². The first-order valence-electron chi connectivity index (χ1n) is 9.67. The summed E-state index contributed by atoms with van der Waals surface area (Å²) in [6, 6.07) is 7.92. The highest BCUT2D eigenvalue weighted by atomic mass is 32.2. The summed E-state index contributed by atoms with van der Waals surface area (Å²) in [5.41, 5.74) is 3.15. The predicted octanol–water partition coefficient (Wildman–Crippen LogP) is 1.43. The van der Waals surface area contributed by atoms with Gasteiger partial charge < -0.3 is 4.90 Å². The van der Waals surface area contributed by atoms with Crippen molar-refractivity contribution in [3.63, 3.8) is 0 Å². The lowest BCUT2D eigenvalue weighted by Gasteiger charge is -2.32. The van der Waals surface area contributed by atoms with Crippen molar-refractivity contribution in [3.8, 4) is 0 Å². The Morgan fingerprint density at radius 2 is 1.89 bits per heavy atom. The Bertz CT molecular complexity index is 838. The molecule has 2 aliphatic heterocycles. The quantitative estimate of drug-likeness (QED) is 0.567. The van der Waals surface area contributed by atoms with Crippen molar-refractivity contribution in [2.45, 2.75) is 38.5 Å². The smallest absolute Gasteiger partial charge is 0.248 e. The van der Waals surface area contributed by atoms with Crippen LogP contribution < -0.4 is 5.48 Å². The summed E-state index contributed by atoms with van der Waals surface area (Å²) in [5, 5.41) is 9.16. The zero-order chi connectivity index (χ0) is 20.5. The van der Waals surface area contributed by atoms with Crippen LogP contribution in [0.1, 0.15) is 37.3 Å². The van der Waals surface area contributed by atoms with E-state index in [0.29, 0.717) is 25.8 Å². The first-order valence-corrected chi connectivity index (χ1v) is 11.5. The Balaban J connectivity index is 1.75. The Kier molecular flexibility index (Phi) is 5.82. The first kappa shape index (κ1) is 20.8. The molecule has 0 aromatic heterocycles. The van der Waals surface area contributed by atoms with Gasteiger partial charge in [0.2, 0.25) is 11.8 Å². The molecule has 7 nitrogen and oxygen atoms in total. The van der Waals surface area contributed by atoms with Crippen LogP contribution in [-0.2, 0) is 24.8 Å². The molecule has 154 valence electrons. The number of nitrogens with one attached hydrogen (secondary N) is 1. The van der Waals surface area contributed by atoms with Crippen LogP contribution in [0.3, 0.4) is 0 Å². The van der Waals surface area contributed by atoms with E-state index < -0.39 is 27.1 Å². The van der Waals surface area contributed by atoms with Crippen molar-refractivity contribution in [2.75, 3.05) is 24.6 Å². The number of hydrogen-bond donors (Lipinski definition) is 2. The second kappa shape index (κ2) is 7.83. The molecule has 2 heterocycles. The topological polar surface area (TPSA) is 104 Å². The molecule has 2 fully saturated rings. The van der Waals surface area contributed by atoms with Crippen molar-refractivity contribution in [2.24, 2.45) is 11.8 Å². The van der Waals surface area contributed by atoms with E-state index in [9.17, 15) is 18.0 Å². The molecular weight excluding hydrogens is 380 g/mol. The Hall–Kier alpha value is -1.93. The number of rotatable bonds is 5. The third-order valence-electron chi connectivity index (χ3n) is 6.36. The standard InChI is InChI=1S/C20H28N2O5S/c1-14-3-5-16(6-4-14)20(2)9-10-22(19(20)24)13-17(18(23)21-25)15-7-11-28(26,27)12-8-15/h3-6,15,17,25H,7-13H2,1-2H3,(H,21,23). The SMILES string of the molecule is Cc1ccc(C2(C)CCN(CC(C(=O)NO)C3CCS(=O)(=O)CC3)C2=O)cc1. The Labute approximate surface area is 166 Å². The van der Waals surface area contributed by atoms with Gasteiger partial charge >= 0.3 is 0 Å². The molecule has 2 saturated heterocycles. The third kappa shape index (κ3) is 4.07. The lowest BCUT2D eigenvalue weighted by Crippen LogP contribution is -2.46. The van der Waals surface area contributed by atoms with Gasteiger partial charge in [-0.1, -0.05) is 29.8 Å². The number of nitrogens with zero attached hydrogens (tertiary/aromatic N) is 1. The minimum absolute atomic E-state index is 0.0319. The maximum atomic E-state index is 13.2. The highest BCUT2D eigenvalue weighted by Crippen LogP contribution is 2.37. The molecule has 0 radical (unpaired) electrons. The second-order valence-corrected chi connectivity index (χ2v) is 10.6. The van der Waals surface area contributed by atoms with Crippen molar-refractivity contribution in [1.29, 1.82) is 0 Å². The van der Waals surface area contributed by atoms with Crippen LogP contribution in [0.25, 0.3) is 0 Å². The summed E-state index contributed by atoms with van der Waals surface area (Å²) in [4.78, 5) is 27.2. The summed E-state index contributed by atoms with van der Waals surface area (Å²) >= 11 is 0.